The lowest BCUT2D eigenvalue weighted by atomic mass is 10.0. The number of hydrogen-bond donors (Lipinski definition) is 1. The van der Waals surface area contributed by atoms with Crippen molar-refractivity contribution in [3.63, 3.8) is 0 Å². The lowest BCUT2D eigenvalue weighted by Gasteiger charge is -2.36. The number of nitrogens with zero attached hydrogens (tertiary/aromatic N) is 5. The summed E-state index contributed by atoms with van der Waals surface area (Å²) in [5.41, 5.74) is 7.97. The van der Waals surface area contributed by atoms with Crippen LogP contribution in [0.15, 0.2) is 12.4 Å². The lowest BCUT2D eigenvalue weighted by molar-refractivity contribution is -0.0100. The molecule has 8 nitrogen and oxygen atoms in total. The normalized spacial score (nSPS) is 26.2. The largest absolute Gasteiger partial charge is 0.377 e. The summed E-state index contributed by atoms with van der Waals surface area (Å²) in [6.07, 6.45) is 5.61. The standard InChI is InChI=1S/C18H22N6O2/c1-18(2)14-13(9-26-18)16(24-11-3-4-12(24)8-25-7-11)23-15(22-14)10-5-20-17(19)21-6-10/h5-6,11-12H,3-4,7-9H2,1-2H3,(H2,19,20,21). The van der Waals surface area contributed by atoms with Gasteiger partial charge in [-0.15, -0.1) is 0 Å². The summed E-state index contributed by atoms with van der Waals surface area (Å²) in [5.74, 6) is 1.83. The Hall–Kier alpha value is -2.32. The summed E-state index contributed by atoms with van der Waals surface area (Å²) in [4.78, 5) is 20.4. The molecule has 2 unspecified atom stereocenters. The molecule has 2 aromatic heterocycles. The van der Waals surface area contributed by atoms with Gasteiger partial charge in [-0.05, 0) is 26.7 Å². The second-order valence-corrected chi connectivity index (χ2v) is 7.66. The maximum Gasteiger partial charge on any atom is 0.219 e. The van der Waals surface area contributed by atoms with Gasteiger partial charge in [-0.25, -0.2) is 19.9 Å². The second-order valence-electron chi connectivity index (χ2n) is 7.66. The van der Waals surface area contributed by atoms with Crippen molar-refractivity contribution < 1.29 is 9.47 Å². The van der Waals surface area contributed by atoms with Gasteiger partial charge in [0.05, 0.1) is 43.2 Å². The molecule has 0 aliphatic carbocycles. The fraction of sp³-hybridized carbons (Fsp3) is 0.556. The Kier molecular flexibility index (Phi) is 3.42. The SMILES string of the molecule is CC1(C)OCc2c(N3C4CCC3COC4)nc(-c3cnc(N)nc3)nc21. The van der Waals surface area contributed by atoms with E-state index in [2.05, 4.69) is 14.9 Å². The van der Waals surface area contributed by atoms with Crippen molar-refractivity contribution >= 4 is 11.8 Å². The van der Waals surface area contributed by atoms with Crippen LogP contribution in [0.4, 0.5) is 11.8 Å². The number of rotatable bonds is 2. The van der Waals surface area contributed by atoms with Crippen LogP contribution in [0, 0.1) is 0 Å². The number of hydrogen-bond acceptors (Lipinski definition) is 8. The molecule has 2 N–H and O–H groups in total. The molecule has 3 aliphatic heterocycles. The van der Waals surface area contributed by atoms with Gasteiger partial charge in [0, 0.05) is 18.0 Å². The fourth-order valence-corrected chi connectivity index (χ4v) is 4.19. The number of fused-ring (bicyclic) bond motifs is 3. The van der Waals surface area contributed by atoms with Crippen LogP contribution in [0.25, 0.3) is 11.4 Å². The van der Waals surface area contributed by atoms with Gasteiger partial charge in [-0.1, -0.05) is 0 Å². The first-order valence-electron chi connectivity index (χ1n) is 9.02. The van der Waals surface area contributed by atoms with Gasteiger partial charge < -0.3 is 20.1 Å². The molecule has 0 radical (unpaired) electrons. The third-order valence-corrected chi connectivity index (χ3v) is 5.55. The van der Waals surface area contributed by atoms with Gasteiger partial charge in [0.25, 0.3) is 0 Å². The van der Waals surface area contributed by atoms with Crippen LogP contribution in [0.5, 0.6) is 0 Å². The first-order valence-corrected chi connectivity index (χ1v) is 9.02. The highest BCUT2D eigenvalue weighted by atomic mass is 16.5. The number of nitrogens with two attached hydrogens (primary N) is 1. The van der Waals surface area contributed by atoms with Crippen molar-refractivity contribution in [2.45, 2.75) is 51.0 Å². The maximum absolute atomic E-state index is 6.03. The lowest BCUT2D eigenvalue weighted by Crippen LogP contribution is -2.47. The molecule has 0 amide bonds. The van der Waals surface area contributed by atoms with Crippen molar-refractivity contribution in [3.8, 4) is 11.4 Å². The second kappa shape index (κ2) is 5.59. The highest BCUT2D eigenvalue weighted by Crippen LogP contribution is 2.43. The fourth-order valence-electron chi connectivity index (χ4n) is 4.19. The zero-order valence-electron chi connectivity index (χ0n) is 15.0. The molecule has 2 fully saturated rings. The summed E-state index contributed by atoms with van der Waals surface area (Å²) >= 11 is 0. The van der Waals surface area contributed by atoms with Gasteiger partial charge in [0.1, 0.15) is 11.4 Å². The zero-order chi connectivity index (χ0) is 17.9. The molecule has 5 rings (SSSR count). The minimum Gasteiger partial charge on any atom is -0.377 e. The van der Waals surface area contributed by atoms with Crippen LogP contribution >= 0.6 is 0 Å². The van der Waals surface area contributed by atoms with Gasteiger partial charge in [-0.3, -0.25) is 0 Å². The van der Waals surface area contributed by atoms with E-state index in [9.17, 15) is 0 Å². The van der Waals surface area contributed by atoms with Crippen LogP contribution < -0.4 is 10.6 Å². The summed E-state index contributed by atoms with van der Waals surface area (Å²) in [5, 5.41) is 0. The quantitative estimate of drug-likeness (QED) is 0.869. The summed E-state index contributed by atoms with van der Waals surface area (Å²) in [7, 11) is 0. The number of morpholine rings is 1. The average Bonchev–Trinajstić information content (AvgIpc) is 3.07. The monoisotopic (exact) mass is 354 g/mol. The van der Waals surface area contributed by atoms with E-state index in [4.69, 9.17) is 25.2 Å². The number of aromatic nitrogens is 4. The smallest absolute Gasteiger partial charge is 0.219 e. The average molecular weight is 354 g/mol. The summed E-state index contributed by atoms with van der Waals surface area (Å²) in [6, 6.07) is 0.735. The molecule has 0 saturated carbocycles. The molecule has 0 spiro atoms. The molecular formula is C18H22N6O2. The van der Waals surface area contributed by atoms with E-state index in [-0.39, 0.29) is 5.95 Å². The molecule has 26 heavy (non-hydrogen) atoms. The van der Waals surface area contributed by atoms with E-state index < -0.39 is 5.60 Å². The van der Waals surface area contributed by atoms with Crippen LogP contribution in [-0.2, 0) is 21.7 Å². The minimum atomic E-state index is -0.443. The van der Waals surface area contributed by atoms with E-state index >= 15 is 0 Å². The van der Waals surface area contributed by atoms with Crippen molar-refractivity contribution in [3.05, 3.63) is 23.7 Å². The van der Waals surface area contributed by atoms with Crippen molar-refractivity contribution in [2.24, 2.45) is 0 Å². The van der Waals surface area contributed by atoms with Crippen molar-refractivity contribution in [1.29, 1.82) is 0 Å². The molecule has 0 aromatic carbocycles. The molecule has 136 valence electrons. The molecule has 8 heteroatoms. The highest BCUT2D eigenvalue weighted by Gasteiger charge is 2.43. The Labute approximate surface area is 151 Å². The number of ether oxygens (including phenoxy) is 2. The number of anilines is 2. The zero-order valence-corrected chi connectivity index (χ0v) is 15.0. The minimum absolute atomic E-state index is 0.241. The van der Waals surface area contributed by atoms with Gasteiger partial charge in [0.2, 0.25) is 5.95 Å². The first-order chi connectivity index (χ1) is 12.5. The van der Waals surface area contributed by atoms with Crippen LogP contribution in [0.2, 0.25) is 0 Å². The van der Waals surface area contributed by atoms with Crippen LogP contribution in [-0.4, -0.2) is 45.2 Å². The Morgan fingerprint density at radius 2 is 1.81 bits per heavy atom. The van der Waals surface area contributed by atoms with E-state index in [1.165, 1.54) is 0 Å². The molecular weight excluding hydrogens is 332 g/mol. The first kappa shape index (κ1) is 15.9. The predicted molar refractivity (Wildman–Crippen MR) is 95.4 cm³/mol. The van der Waals surface area contributed by atoms with E-state index in [0.717, 1.165) is 48.7 Å². The van der Waals surface area contributed by atoms with Crippen LogP contribution in [0.1, 0.15) is 37.9 Å². The number of nitrogen functional groups attached to an aromatic ring is 1. The Morgan fingerprint density at radius 3 is 2.50 bits per heavy atom. The molecule has 2 atom stereocenters. The van der Waals surface area contributed by atoms with Gasteiger partial charge in [-0.2, -0.15) is 0 Å². The molecule has 2 bridgehead atoms. The van der Waals surface area contributed by atoms with Gasteiger partial charge in [0.15, 0.2) is 5.82 Å². The topological polar surface area (TPSA) is 99.3 Å². The van der Waals surface area contributed by atoms with Gasteiger partial charge >= 0.3 is 0 Å². The van der Waals surface area contributed by atoms with E-state index in [0.29, 0.717) is 24.5 Å². The van der Waals surface area contributed by atoms with Crippen LogP contribution in [0.3, 0.4) is 0 Å². The summed E-state index contributed by atoms with van der Waals surface area (Å²) < 4.78 is 11.8. The predicted octanol–water partition coefficient (Wildman–Crippen LogP) is 1.65. The van der Waals surface area contributed by atoms with Crippen molar-refractivity contribution in [2.75, 3.05) is 23.8 Å². The maximum atomic E-state index is 6.03. The Bertz CT molecular complexity index is 838. The molecule has 2 aromatic rings. The molecule has 2 saturated heterocycles. The van der Waals surface area contributed by atoms with Crippen molar-refractivity contribution in [1.82, 2.24) is 19.9 Å². The third-order valence-electron chi connectivity index (χ3n) is 5.55. The van der Waals surface area contributed by atoms with E-state index in [1.54, 1.807) is 12.4 Å². The third kappa shape index (κ3) is 2.36. The summed E-state index contributed by atoms with van der Waals surface area (Å²) in [6.45, 7) is 6.13. The van der Waals surface area contributed by atoms with E-state index in [1.807, 2.05) is 13.8 Å². The molecule has 5 heterocycles. The Morgan fingerprint density at radius 1 is 1.12 bits per heavy atom. The highest BCUT2D eigenvalue weighted by molar-refractivity contribution is 5.62. The molecule has 3 aliphatic rings. The Balaban J connectivity index is 1.68.